The molecule has 0 aliphatic carbocycles. The van der Waals surface area contributed by atoms with E-state index in [0.29, 0.717) is 16.7 Å². The molecule has 234 valence electrons. The summed E-state index contributed by atoms with van der Waals surface area (Å²) >= 11 is 0. The van der Waals surface area contributed by atoms with E-state index >= 15 is 0 Å². The highest BCUT2D eigenvalue weighted by Crippen LogP contribution is 2.15. The van der Waals surface area contributed by atoms with Crippen LogP contribution in [0.4, 0.5) is 0 Å². The molecular weight excluding hydrogens is 568 g/mol. The summed E-state index contributed by atoms with van der Waals surface area (Å²) in [5.41, 5.74) is 8.01. The molecule has 0 spiro atoms. The van der Waals surface area contributed by atoms with Gasteiger partial charge in [0.2, 0.25) is 17.7 Å². The molecule has 0 fully saturated rings. The Hall–Kier alpha value is -5.10. The van der Waals surface area contributed by atoms with Crippen molar-refractivity contribution in [3.05, 3.63) is 89.5 Å². The van der Waals surface area contributed by atoms with E-state index in [9.17, 15) is 39.6 Å². The first-order valence-corrected chi connectivity index (χ1v) is 14.1. The lowest BCUT2D eigenvalue weighted by Crippen LogP contribution is -2.58. The summed E-state index contributed by atoms with van der Waals surface area (Å²) in [4.78, 5) is 52.0. The SMILES string of the molecule is CC(C)C(NC(=O)C(Cc1ccc(O)cc1)NC(=O)C(Cc1ccc(O)cc1)NC(=O)C(N)Cc1ccc(O)cc1)C(=O)O. The molecule has 44 heavy (non-hydrogen) atoms. The third kappa shape index (κ3) is 10.0. The number of phenolic OH excluding ortho intramolecular Hbond substituents is 3. The third-order valence-corrected chi connectivity index (χ3v) is 6.98. The van der Waals surface area contributed by atoms with Crippen molar-refractivity contribution in [3.63, 3.8) is 0 Å². The molecule has 4 unspecified atom stereocenters. The minimum absolute atomic E-state index is 0.00449. The molecule has 0 aromatic heterocycles. The fourth-order valence-corrected chi connectivity index (χ4v) is 4.45. The molecule has 0 heterocycles. The van der Waals surface area contributed by atoms with Gasteiger partial charge in [0.15, 0.2) is 0 Å². The van der Waals surface area contributed by atoms with Crippen molar-refractivity contribution >= 4 is 23.7 Å². The van der Waals surface area contributed by atoms with Crippen LogP contribution in [0.3, 0.4) is 0 Å². The Morgan fingerprint density at radius 3 is 1.30 bits per heavy atom. The molecule has 0 saturated heterocycles. The molecule has 0 aliphatic heterocycles. The number of hydrogen-bond acceptors (Lipinski definition) is 8. The highest BCUT2D eigenvalue weighted by atomic mass is 16.4. The van der Waals surface area contributed by atoms with Crippen molar-refractivity contribution in [2.24, 2.45) is 11.7 Å². The number of amides is 3. The van der Waals surface area contributed by atoms with Crippen LogP contribution in [-0.4, -0.2) is 68.3 Å². The van der Waals surface area contributed by atoms with Gasteiger partial charge in [-0.2, -0.15) is 0 Å². The minimum Gasteiger partial charge on any atom is -0.508 e. The zero-order chi connectivity index (χ0) is 32.4. The maximum Gasteiger partial charge on any atom is 0.326 e. The van der Waals surface area contributed by atoms with E-state index in [1.165, 1.54) is 36.4 Å². The van der Waals surface area contributed by atoms with Crippen LogP contribution in [0.2, 0.25) is 0 Å². The lowest BCUT2D eigenvalue weighted by Gasteiger charge is -2.26. The van der Waals surface area contributed by atoms with E-state index in [-0.39, 0.29) is 36.5 Å². The van der Waals surface area contributed by atoms with Crippen LogP contribution in [0.5, 0.6) is 17.2 Å². The van der Waals surface area contributed by atoms with E-state index < -0.39 is 53.8 Å². The van der Waals surface area contributed by atoms with Gasteiger partial charge in [-0.05, 0) is 65.4 Å². The summed E-state index contributed by atoms with van der Waals surface area (Å²) < 4.78 is 0. The average Bonchev–Trinajstić information content (AvgIpc) is 2.97. The molecule has 3 rings (SSSR count). The maximum atomic E-state index is 13.7. The molecule has 12 nitrogen and oxygen atoms in total. The number of benzene rings is 3. The smallest absolute Gasteiger partial charge is 0.326 e. The molecule has 3 aromatic rings. The Morgan fingerprint density at radius 1 is 0.591 bits per heavy atom. The summed E-state index contributed by atoms with van der Waals surface area (Å²) in [7, 11) is 0. The lowest BCUT2D eigenvalue weighted by molar-refractivity contribution is -0.143. The van der Waals surface area contributed by atoms with Crippen LogP contribution in [0.15, 0.2) is 72.8 Å². The summed E-state index contributed by atoms with van der Waals surface area (Å²) in [5, 5.41) is 46.3. The van der Waals surface area contributed by atoms with Gasteiger partial charge in [0.25, 0.3) is 0 Å². The van der Waals surface area contributed by atoms with E-state index in [2.05, 4.69) is 16.0 Å². The van der Waals surface area contributed by atoms with Gasteiger partial charge < -0.3 is 42.1 Å². The number of carbonyl (C=O) groups excluding carboxylic acids is 3. The van der Waals surface area contributed by atoms with E-state index in [1.54, 1.807) is 50.2 Å². The highest BCUT2D eigenvalue weighted by Gasteiger charge is 2.31. The molecule has 0 bridgehead atoms. The van der Waals surface area contributed by atoms with Gasteiger partial charge in [-0.1, -0.05) is 50.2 Å². The number of nitrogens with two attached hydrogens (primary N) is 1. The van der Waals surface area contributed by atoms with Crippen molar-refractivity contribution in [2.75, 3.05) is 0 Å². The first-order chi connectivity index (χ1) is 20.8. The zero-order valence-electron chi connectivity index (χ0n) is 24.4. The van der Waals surface area contributed by atoms with Gasteiger partial charge in [-0.3, -0.25) is 14.4 Å². The summed E-state index contributed by atoms with van der Waals surface area (Å²) in [6, 6.07) is 13.5. The van der Waals surface area contributed by atoms with Crippen LogP contribution >= 0.6 is 0 Å². The molecular formula is C32H38N4O8. The first kappa shape index (κ1) is 33.4. The summed E-state index contributed by atoms with van der Waals surface area (Å²) in [6.45, 7) is 3.27. The monoisotopic (exact) mass is 606 g/mol. The summed E-state index contributed by atoms with van der Waals surface area (Å²) in [5.74, 6) is -3.71. The van der Waals surface area contributed by atoms with E-state index in [1.807, 2.05) is 0 Å². The number of hydrogen-bond donors (Lipinski definition) is 8. The van der Waals surface area contributed by atoms with Crippen molar-refractivity contribution in [1.29, 1.82) is 0 Å². The Morgan fingerprint density at radius 2 is 0.932 bits per heavy atom. The normalized spacial score (nSPS) is 13.7. The Kier molecular flexibility index (Phi) is 11.7. The number of phenols is 3. The topological polar surface area (TPSA) is 211 Å². The molecule has 4 atom stereocenters. The third-order valence-electron chi connectivity index (χ3n) is 6.98. The second-order valence-corrected chi connectivity index (χ2v) is 10.9. The first-order valence-electron chi connectivity index (χ1n) is 14.1. The number of aliphatic carboxylic acids is 1. The van der Waals surface area contributed by atoms with Crippen molar-refractivity contribution in [2.45, 2.75) is 57.3 Å². The van der Waals surface area contributed by atoms with E-state index in [4.69, 9.17) is 5.73 Å². The summed E-state index contributed by atoms with van der Waals surface area (Å²) in [6.07, 6.45) is 0.0704. The standard InChI is InChI=1S/C32H38N4O8/c1-18(2)28(32(43)44)36-31(42)27(17-21-7-13-24(39)14-8-21)35-30(41)26(16-20-5-11-23(38)12-6-20)34-29(40)25(33)15-19-3-9-22(37)10-4-19/h3-14,18,25-28,37-39H,15-17,33H2,1-2H3,(H,34,40)(H,35,41)(H,36,42)(H,43,44). The van der Waals surface area contributed by atoms with Gasteiger partial charge in [0.1, 0.15) is 35.4 Å². The molecule has 0 saturated carbocycles. The maximum absolute atomic E-state index is 13.7. The fraction of sp³-hybridized carbons (Fsp3) is 0.312. The molecule has 3 aromatic carbocycles. The van der Waals surface area contributed by atoms with Crippen LogP contribution < -0.4 is 21.7 Å². The van der Waals surface area contributed by atoms with Crippen molar-refractivity contribution in [1.82, 2.24) is 16.0 Å². The number of carboxylic acids is 1. The number of carbonyl (C=O) groups is 4. The molecule has 3 amide bonds. The van der Waals surface area contributed by atoms with Crippen molar-refractivity contribution < 1.29 is 39.6 Å². The van der Waals surface area contributed by atoms with Gasteiger partial charge in [0, 0.05) is 12.8 Å². The van der Waals surface area contributed by atoms with Crippen molar-refractivity contribution in [3.8, 4) is 17.2 Å². The Labute approximate surface area is 254 Å². The van der Waals surface area contributed by atoms with E-state index in [0.717, 1.165) is 0 Å². The largest absolute Gasteiger partial charge is 0.508 e. The molecule has 9 N–H and O–H groups in total. The Bertz CT molecular complexity index is 1430. The van der Waals surface area contributed by atoms with Crippen LogP contribution in [0.25, 0.3) is 0 Å². The molecule has 0 radical (unpaired) electrons. The second kappa shape index (κ2) is 15.4. The fourth-order valence-electron chi connectivity index (χ4n) is 4.45. The van der Waals surface area contributed by atoms with Crippen LogP contribution in [-0.2, 0) is 38.4 Å². The number of aromatic hydroxyl groups is 3. The molecule has 0 aliphatic rings. The quantitative estimate of drug-likeness (QED) is 0.133. The number of carboxylic acid groups (broad SMARTS) is 1. The zero-order valence-corrected chi connectivity index (χ0v) is 24.4. The minimum atomic E-state index is -1.24. The average molecular weight is 607 g/mol. The number of nitrogens with one attached hydrogen (secondary N) is 3. The predicted molar refractivity (Wildman–Crippen MR) is 162 cm³/mol. The van der Waals surface area contributed by atoms with Gasteiger partial charge in [0.05, 0.1) is 6.04 Å². The number of rotatable bonds is 14. The lowest BCUT2D eigenvalue weighted by atomic mass is 10.00. The van der Waals surface area contributed by atoms with Gasteiger partial charge in [-0.25, -0.2) is 4.79 Å². The molecule has 12 heteroatoms. The van der Waals surface area contributed by atoms with Crippen LogP contribution in [0.1, 0.15) is 30.5 Å². The predicted octanol–water partition coefficient (Wildman–Crippen LogP) is 1.35. The van der Waals surface area contributed by atoms with Crippen LogP contribution in [0, 0.1) is 5.92 Å². The highest BCUT2D eigenvalue weighted by molar-refractivity contribution is 5.94. The second-order valence-electron chi connectivity index (χ2n) is 10.9. The van der Waals surface area contributed by atoms with Gasteiger partial charge in [-0.15, -0.1) is 0 Å². The Balaban J connectivity index is 1.85. The van der Waals surface area contributed by atoms with Gasteiger partial charge >= 0.3 is 5.97 Å².